The fourth-order valence-electron chi connectivity index (χ4n) is 2.31. The number of carbonyl (C=O) groups excluding carboxylic acids is 1. The van der Waals surface area contributed by atoms with E-state index in [1.165, 1.54) is 4.68 Å². The predicted molar refractivity (Wildman–Crippen MR) is 82.8 cm³/mol. The zero-order chi connectivity index (χ0) is 16.3. The van der Waals surface area contributed by atoms with Gasteiger partial charge in [-0.3, -0.25) is 19.6 Å². The molecule has 0 radical (unpaired) electrons. The molecule has 1 N–H and O–H groups in total. The number of amides is 1. The number of aryl methyl sites for hydroxylation is 2. The number of rotatable bonds is 5. The van der Waals surface area contributed by atoms with Crippen molar-refractivity contribution in [3.05, 3.63) is 51.3 Å². The second-order valence-electron chi connectivity index (χ2n) is 5.04. The van der Waals surface area contributed by atoms with E-state index >= 15 is 0 Å². The standard InChI is InChI=1S/C15H18N4O3/c1-4-12-6-5-7-13(8-12)16-14(20)9-18-11(3)15(19(21)22)10(2)17-18/h5-8H,4,9H2,1-3H3,(H,16,20). The summed E-state index contributed by atoms with van der Waals surface area (Å²) in [6.45, 7) is 5.13. The van der Waals surface area contributed by atoms with E-state index in [-0.39, 0.29) is 18.1 Å². The number of hydrogen-bond donors (Lipinski definition) is 1. The van der Waals surface area contributed by atoms with Crippen LogP contribution in [0.4, 0.5) is 11.4 Å². The first-order chi connectivity index (χ1) is 10.4. The van der Waals surface area contributed by atoms with Gasteiger partial charge in [0.15, 0.2) is 0 Å². The average molecular weight is 302 g/mol. The third-order valence-corrected chi connectivity index (χ3v) is 3.44. The van der Waals surface area contributed by atoms with E-state index in [4.69, 9.17) is 0 Å². The van der Waals surface area contributed by atoms with Gasteiger partial charge in [0.05, 0.1) is 4.92 Å². The molecule has 2 aromatic rings. The zero-order valence-electron chi connectivity index (χ0n) is 12.8. The Morgan fingerprint density at radius 2 is 2.14 bits per heavy atom. The number of anilines is 1. The number of nitrogens with zero attached hydrogens (tertiary/aromatic N) is 3. The minimum atomic E-state index is -0.475. The van der Waals surface area contributed by atoms with Crippen molar-refractivity contribution in [3.63, 3.8) is 0 Å². The smallest absolute Gasteiger partial charge is 0.312 e. The highest BCUT2D eigenvalue weighted by molar-refractivity contribution is 5.90. The van der Waals surface area contributed by atoms with Crippen LogP contribution >= 0.6 is 0 Å². The van der Waals surface area contributed by atoms with Crippen LogP contribution in [0, 0.1) is 24.0 Å². The third kappa shape index (κ3) is 3.30. The molecule has 1 amide bonds. The van der Waals surface area contributed by atoms with Crippen molar-refractivity contribution in [1.82, 2.24) is 9.78 Å². The van der Waals surface area contributed by atoms with Crippen LogP contribution < -0.4 is 5.32 Å². The topological polar surface area (TPSA) is 90.1 Å². The highest BCUT2D eigenvalue weighted by Crippen LogP contribution is 2.21. The molecular weight excluding hydrogens is 284 g/mol. The van der Waals surface area contributed by atoms with E-state index in [1.54, 1.807) is 19.9 Å². The second kappa shape index (κ2) is 6.38. The van der Waals surface area contributed by atoms with Crippen molar-refractivity contribution in [2.24, 2.45) is 0 Å². The third-order valence-electron chi connectivity index (χ3n) is 3.44. The van der Waals surface area contributed by atoms with Crippen LogP contribution in [0.2, 0.25) is 0 Å². The van der Waals surface area contributed by atoms with Gasteiger partial charge < -0.3 is 5.32 Å². The van der Waals surface area contributed by atoms with Crippen molar-refractivity contribution in [1.29, 1.82) is 0 Å². The lowest BCUT2D eigenvalue weighted by Gasteiger charge is -2.07. The number of benzene rings is 1. The summed E-state index contributed by atoms with van der Waals surface area (Å²) < 4.78 is 1.35. The molecule has 22 heavy (non-hydrogen) atoms. The predicted octanol–water partition coefficient (Wildman–Crippen LogP) is 2.61. The summed E-state index contributed by atoms with van der Waals surface area (Å²) in [6, 6.07) is 7.57. The number of nitrogens with one attached hydrogen (secondary N) is 1. The summed E-state index contributed by atoms with van der Waals surface area (Å²) in [5.41, 5.74) is 2.48. The van der Waals surface area contributed by atoms with Crippen molar-refractivity contribution in [2.75, 3.05) is 5.32 Å². The maximum absolute atomic E-state index is 12.1. The van der Waals surface area contributed by atoms with Crippen LogP contribution in [0.25, 0.3) is 0 Å². The summed E-state index contributed by atoms with van der Waals surface area (Å²) in [6.07, 6.45) is 0.882. The van der Waals surface area contributed by atoms with Crippen molar-refractivity contribution in [2.45, 2.75) is 33.7 Å². The molecule has 7 heteroatoms. The molecule has 0 aliphatic rings. The van der Waals surface area contributed by atoms with Gasteiger partial charge >= 0.3 is 5.69 Å². The van der Waals surface area contributed by atoms with E-state index in [2.05, 4.69) is 10.4 Å². The SMILES string of the molecule is CCc1cccc(NC(=O)Cn2nc(C)c([N+](=O)[O-])c2C)c1. The lowest BCUT2D eigenvalue weighted by Crippen LogP contribution is -2.20. The second-order valence-corrected chi connectivity index (χ2v) is 5.04. The van der Waals surface area contributed by atoms with Crippen LogP contribution in [0.15, 0.2) is 24.3 Å². The van der Waals surface area contributed by atoms with Gasteiger partial charge in [0.2, 0.25) is 5.91 Å². The maximum atomic E-state index is 12.1. The fraction of sp³-hybridized carbons (Fsp3) is 0.333. The van der Waals surface area contributed by atoms with Crippen LogP contribution in [-0.2, 0) is 17.8 Å². The lowest BCUT2D eigenvalue weighted by atomic mass is 10.1. The molecule has 0 bridgehead atoms. The van der Waals surface area contributed by atoms with Crippen LogP contribution in [0.5, 0.6) is 0 Å². The van der Waals surface area contributed by atoms with Gasteiger partial charge in [0.25, 0.3) is 0 Å². The first-order valence-corrected chi connectivity index (χ1v) is 6.99. The molecule has 0 aliphatic heterocycles. The molecule has 7 nitrogen and oxygen atoms in total. The Morgan fingerprint density at radius 1 is 1.41 bits per heavy atom. The minimum Gasteiger partial charge on any atom is -0.324 e. The highest BCUT2D eigenvalue weighted by Gasteiger charge is 2.22. The Balaban J connectivity index is 2.12. The minimum absolute atomic E-state index is 0.0409. The van der Waals surface area contributed by atoms with Crippen molar-refractivity contribution >= 4 is 17.3 Å². The highest BCUT2D eigenvalue weighted by atomic mass is 16.6. The Bertz CT molecular complexity index is 722. The number of hydrogen-bond acceptors (Lipinski definition) is 4. The zero-order valence-corrected chi connectivity index (χ0v) is 12.8. The Hall–Kier alpha value is -2.70. The quantitative estimate of drug-likeness (QED) is 0.679. The molecule has 2 rings (SSSR count). The van der Waals surface area contributed by atoms with Gasteiger partial charge in [0.1, 0.15) is 17.9 Å². The molecule has 0 saturated carbocycles. The van der Waals surface area contributed by atoms with Gasteiger partial charge in [-0.1, -0.05) is 19.1 Å². The normalized spacial score (nSPS) is 10.5. The number of aromatic nitrogens is 2. The van der Waals surface area contributed by atoms with Gasteiger partial charge in [-0.2, -0.15) is 5.10 Å². The monoisotopic (exact) mass is 302 g/mol. The van der Waals surface area contributed by atoms with Gasteiger partial charge in [-0.05, 0) is 38.0 Å². The van der Waals surface area contributed by atoms with E-state index < -0.39 is 4.92 Å². The van der Waals surface area contributed by atoms with Gasteiger partial charge in [-0.15, -0.1) is 0 Å². The molecule has 0 aliphatic carbocycles. The first kappa shape index (κ1) is 15.7. The molecular formula is C15H18N4O3. The van der Waals surface area contributed by atoms with E-state index in [0.717, 1.165) is 12.0 Å². The summed E-state index contributed by atoms with van der Waals surface area (Å²) in [7, 11) is 0. The molecule has 0 saturated heterocycles. The maximum Gasteiger partial charge on any atom is 0.312 e. The van der Waals surface area contributed by atoms with E-state index in [0.29, 0.717) is 17.1 Å². The molecule has 1 heterocycles. The van der Waals surface area contributed by atoms with Gasteiger partial charge in [-0.25, -0.2) is 0 Å². The molecule has 116 valence electrons. The summed E-state index contributed by atoms with van der Waals surface area (Å²) in [5.74, 6) is -0.270. The first-order valence-electron chi connectivity index (χ1n) is 6.99. The van der Waals surface area contributed by atoms with E-state index in [9.17, 15) is 14.9 Å². The summed E-state index contributed by atoms with van der Waals surface area (Å²) in [4.78, 5) is 22.6. The van der Waals surface area contributed by atoms with Crippen LogP contribution in [-0.4, -0.2) is 20.6 Å². The summed E-state index contributed by atoms with van der Waals surface area (Å²) in [5, 5.41) is 17.8. The Labute approximate surface area is 128 Å². The molecule has 1 aromatic heterocycles. The summed E-state index contributed by atoms with van der Waals surface area (Å²) >= 11 is 0. The molecule has 0 atom stereocenters. The van der Waals surface area contributed by atoms with Crippen LogP contribution in [0.3, 0.4) is 0 Å². The molecule has 0 fully saturated rings. The van der Waals surface area contributed by atoms with Crippen molar-refractivity contribution < 1.29 is 9.72 Å². The Kier molecular flexibility index (Phi) is 4.55. The Morgan fingerprint density at radius 3 is 2.73 bits per heavy atom. The molecule has 1 aromatic carbocycles. The largest absolute Gasteiger partial charge is 0.324 e. The van der Waals surface area contributed by atoms with Crippen molar-refractivity contribution in [3.8, 4) is 0 Å². The lowest BCUT2D eigenvalue weighted by molar-refractivity contribution is -0.386. The molecule has 0 spiro atoms. The number of nitro groups is 1. The van der Waals surface area contributed by atoms with E-state index in [1.807, 2.05) is 25.1 Å². The number of carbonyl (C=O) groups is 1. The average Bonchev–Trinajstić information content (AvgIpc) is 2.73. The molecule has 0 unspecified atom stereocenters. The van der Waals surface area contributed by atoms with Gasteiger partial charge in [0, 0.05) is 5.69 Å². The van der Waals surface area contributed by atoms with Crippen LogP contribution in [0.1, 0.15) is 23.9 Å². The fourth-order valence-corrected chi connectivity index (χ4v) is 2.31.